The van der Waals surface area contributed by atoms with Crippen molar-refractivity contribution in [1.29, 1.82) is 0 Å². The van der Waals surface area contributed by atoms with E-state index < -0.39 is 0 Å². The lowest BCUT2D eigenvalue weighted by molar-refractivity contribution is 0.314. The van der Waals surface area contributed by atoms with Crippen LogP contribution in [0.1, 0.15) is 42.9 Å². The van der Waals surface area contributed by atoms with Crippen LogP contribution in [-0.4, -0.2) is 11.5 Å². The van der Waals surface area contributed by atoms with E-state index in [-0.39, 0.29) is 0 Å². The minimum absolute atomic E-state index is 0.643. The first-order valence-electron chi connectivity index (χ1n) is 7.35. The highest BCUT2D eigenvalue weighted by atomic mass is 14.7. The van der Waals surface area contributed by atoms with E-state index >= 15 is 0 Å². The smallest absolute Gasteiger partial charge is 0.0705 e. The molecule has 19 heavy (non-hydrogen) atoms. The fourth-order valence-electron chi connectivity index (χ4n) is 3.41. The maximum absolute atomic E-state index is 5.95. The van der Waals surface area contributed by atoms with E-state index in [1.165, 1.54) is 36.6 Å². The molecule has 2 nitrogen and oxygen atoms in total. The predicted molar refractivity (Wildman–Crippen MR) is 80.2 cm³/mol. The average molecular weight is 254 g/mol. The van der Waals surface area contributed by atoms with Crippen molar-refractivity contribution < 1.29 is 0 Å². The minimum atomic E-state index is 0.643. The zero-order valence-electron chi connectivity index (χ0n) is 11.6. The second kappa shape index (κ2) is 5.30. The first-order valence-corrected chi connectivity index (χ1v) is 7.35. The molecule has 2 aromatic rings. The maximum Gasteiger partial charge on any atom is 0.0705 e. The summed E-state index contributed by atoms with van der Waals surface area (Å²) in [7, 11) is 0. The highest BCUT2D eigenvalue weighted by Crippen LogP contribution is 2.37. The second-order valence-corrected chi connectivity index (χ2v) is 5.79. The van der Waals surface area contributed by atoms with Crippen molar-refractivity contribution in [3.63, 3.8) is 0 Å². The molecule has 1 saturated carbocycles. The number of pyridine rings is 1. The van der Waals surface area contributed by atoms with Gasteiger partial charge in [0, 0.05) is 11.1 Å². The van der Waals surface area contributed by atoms with Gasteiger partial charge in [0.2, 0.25) is 0 Å². The molecule has 0 radical (unpaired) electrons. The third kappa shape index (κ3) is 2.50. The highest BCUT2D eigenvalue weighted by Gasteiger charge is 2.25. The van der Waals surface area contributed by atoms with Gasteiger partial charge in [0.05, 0.1) is 5.52 Å². The molecule has 0 spiro atoms. The van der Waals surface area contributed by atoms with Gasteiger partial charge >= 0.3 is 0 Å². The summed E-state index contributed by atoms with van der Waals surface area (Å²) >= 11 is 0. The van der Waals surface area contributed by atoms with Crippen LogP contribution in [0.2, 0.25) is 0 Å². The van der Waals surface area contributed by atoms with Crippen LogP contribution in [0, 0.1) is 12.8 Å². The van der Waals surface area contributed by atoms with Crippen LogP contribution < -0.4 is 5.73 Å². The van der Waals surface area contributed by atoms with Crippen LogP contribution in [0.3, 0.4) is 0 Å². The van der Waals surface area contributed by atoms with Crippen molar-refractivity contribution in [2.45, 2.75) is 38.5 Å². The summed E-state index contributed by atoms with van der Waals surface area (Å²) in [5.41, 5.74) is 9.59. The van der Waals surface area contributed by atoms with Crippen molar-refractivity contribution in [3.05, 3.63) is 41.6 Å². The zero-order valence-corrected chi connectivity index (χ0v) is 11.6. The molecule has 1 aromatic carbocycles. The Morgan fingerprint density at radius 1 is 1.16 bits per heavy atom. The van der Waals surface area contributed by atoms with E-state index in [1.54, 1.807) is 0 Å². The normalized spacial score (nSPS) is 23.7. The molecule has 100 valence electrons. The van der Waals surface area contributed by atoms with Crippen LogP contribution in [0.15, 0.2) is 30.3 Å². The van der Waals surface area contributed by atoms with Gasteiger partial charge < -0.3 is 5.73 Å². The quantitative estimate of drug-likeness (QED) is 0.886. The Kier molecular flexibility index (Phi) is 3.52. The molecule has 2 heteroatoms. The number of nitrogens with two attached hydrogens (primary N) is 1. The Morgan fingerprint density at radius 2 is 2.00 bits per heavy atom. The van der Waals surface area contributed by atoms with E-state index in [4.69, 9.17) is 5.73 Å². The van der Waals surface area contributed by atoms with Crippen LogP contribution >= 0.6 is 0 Å². The third-order valence-electron chi connectivity index (χ3n) is 4.49. The fraction of sp³-hybridized carbons (Fsp3) is 0.471. The van der Waals surface area contributed by atoms with Crippen molar-refractivity contribution in [2.24, 2.45) is 11.7 Å². The Balaban J connectivity index is 1.97. The van der Waals surface area contributed by atoms with Crippen LogP contribution in [0.5, 0.6) is 0 Å². The molecule has 0 aliphatic heterocycles. The number of aromatic nitrogens is 1. The van der Waals surface area contributed by atoms with Crippen molar-refractivity contribution in [1.82, 2.24) is 4.98 Å². The summed E-state index contributed by atoms with van der Waals surface area (Å²) in [4.78, 5) is 4.58. The Morgan fingerprint density at radius 3 is 2.84 bits per heavy atom. The molecule has 1 heterocycles. The Bertz CT molecular complexity index is 576. The van der Waals surface area contributed by atoms with Gasteiger partial charge in [-0.15, -0.1) is 0 Å². The van der Waals surface area contributed by atoms with Crippen molar-refractivity contribution in [2.75, 3.05) is 6.54 Å². The van der Waals surface area contributed by atoms with E-state index in [1.807, 2.05) is 6.92 Å². The predicted octanol–water partition coefficient (Wildman–Crippen LogP) is 3.78. The van der Waals surface area contributed by atoms with Gasteiger partial charge in [-0.05, 0) is 61.9 Å². The third-order valence-corrected chi connectivity index (χ3v) is 4.49. The van der Waals surface area contributed by atoms with Crippen molar-refractivity contribution in [3.8, 4) is 0 Å². The summed E-state index contributed by atoms with van der Waals surface area (Å²) in [6.07, 6.45) is 5.25. The standard InChI is InChI=1S/C17H22N2/c1-12-6-7-14-10-13(8-9-17(14)19-12)16-5-3-2-4-15(16)11-18/h6-10,15-16H,2-5,11,18H2,1H3. The number of fused-ring (bicyclic) bond motifs is 1. The van der Waals surface area contributed by atoms with Crippen LogP contribution in [0.25, 0.3) is 10.9 Å². The Hall–Kier alpha value is -1.41. The molecular weight excluding hydrogens is 232 g/mol. The van der Waals surface area contributed by atoms with E-state index in [9.17, 15) is 0 Å². The molecule has 0 bridgehead atoms. The molecule has 0 saturated heterocycles. The van der Waals surface area contributed by atoms with Gasteiger partial charge in [0.15, 0.2) is 0 Å². The Labute approximate surface area is 115 Å². The summed E-state index contributed by atoms with van der Waals surface area (Å²) in [6.45, 7) is 2.85. The van der Waals surface area contributed by atoms with E-state index in [0.717, 1.165) is 17.8 Å². The molecule has 2 N–H and O–H groups in total. The second-order valence-electron chi connectivity index (χ2n) is 5.79. The van der Waals surface area contributed by atoms with E-state index in [0.29, 0.717) is 11.8 Å². The maximum atomic E-state index is 5.95. The summed E-state index contributed by atoms with van der Waals surface area (Å²) in [5, 5.41) is 1.25. The molecule has 2 unspecified atom stereocenters. The lowest BCUT2D eigenvalue weighted by Crippen LogP contribution is -2.25. The van der Waals surface area contributed by atoms with Crippen LogP contribution in [-0.2, 0) is 0 Å². The highest BCUT2D eigenvalue weighted by molar-refractivity contribution is 5.79. The molecular formula is C17H22N2. The van der Waals surface area contributed by atoms with Gasteiger partial charge in [-0.3, -0.25) is 4.98 Å². The first kappa shape index (κ1) is 12.6. The molecule has 1 aliphatic rings. The molecule has 1 fully saturated rings. The number of hydrogen-bond acceptors (Lipinski definition) is 2. The van der Waals surface area contributed by atoms with Gasteiger partial charge in [-0.25, -0.2) is 0 Å². The summed E-state index contributed by atoms with van der Waals surface area (Å²) in [6, 6.07) is 11.0. The topological polar surface area (TPSA) is 38.9 Å². The zero-order chi connectivity index (χ0) is 13.2. The molecule has 0 amide bonds. The molecule has 3 rings (SSSR count). The number of rotatable bonds is 2. The molecule has 1 aromatic heterocycles. The van der Waals surface area contributed by atoms with Gasteiger partial charge in [0.25, 0.3) is 0 Å². The van der Waals surface area contributed by atoms with Crippen LogP contribution in [0.4, 0.5) is 0 Å². The summed E-state index contributed by atoms with van der Waals surface area (Å²) in [5.74, 6) is 1.30. The minimum Gasteiger partial charge on any atom is -0.330 e. The SMILES string of the molecule is Cc1ccc2cc(C3CCCCC3CN)ccc2n1. The lowest BCUT2D eigenvalue weighted by Gasteiger charge is -2.31. The van der Waals surface area contributed by atoms with Crippen molar-refractivity contribution >= 4 is 10.9 Å². The van der Waals surface area contributed by atoms with E-state index in [2.05, 4.69) is 35.3 Å². The first-order chi connectivity index (χ1) is 9.28. The van der Waals surface area contributed by atoms with Gasteiger partial charge in [0.1, 0.15) is 0 Å². The number of aryl methyl sites for hydroxylation is 1. The summed E-state index contributed by atoms with van der Waals surface area (Å²) < 4.78 is 0. The fourth-order valence-corrected chi connectivity index (χ4v) is 3.41. The molecule has 1 aliphatic carbocycles. The number of benzene rings is 1. The average Bonchev–Trinajstić information content (AvgIpc) is 2.46. The number of nitrogens with zero attached hydrogens (tertiary/aromatic N) is 1. The van der Waals surface area contributed by atoms with Gasteiger partial charge in [-0.2, -0.15) is 0 Å². The number of hydrogen-bond donors (Lipinski definition) is 1. The van der Waals surface area contributed by atoms with Gasteiger partial charge in [-0.1, -0.05) is 25.0 Å². The molecule has 2 atom stereocenters. The largest absolute Gasteiger partial charge is 0.330 e. The lowest BCUT2D eigenvalue weighted by atomic mass is 9.75. The monoisotopic (exact) mass is 254 g/mol.